The van der Waals surface area contributed by atoms with Gasteiger partial charge in [-0.3, -0.25) is 19.1 Å². The van der Waals surface area contributed by atoms with E-state index in [-0.39, 0.29) is 51.6 Å². The molecule has 6 heterocycles. The van der Waals surface area contributed by atoms with E-state index in [1.807, 2.05) is 34.1 Å². The van der Waals surface area contributed by atoms with Gasteiger partial charge in [-0.2, -0.15) is 19.0 Å². The Kier molecular flexibility index (Phi) is 9.05. The SMILES string of the molecule is O=C(Nc1cn(CC(=O)N2CC3CN(CCCN4C(=O)Cc5ccccc54)CC3C2)nc1-c1cc(Cl)ccc1OC(F)F)c1cnn2cccnc12. The van der Waals surface area contributed by atoms with Crippen LogP contribution in [0.4, 0.5) is 20.2 Å². The average molecular weight is 730 g/mol. The van der Waals surface area contributed by atoms with E-state index in [1.165, 1.54) is 46.0 Å². The number of hydrogen-bond donors (Lipinski definition) is 1. The van der Waals surface area contributed by atoms with Gasteiger partial charge in [-0.15, -0.1) is 0 Å². The van der Waals surface area contributed by atoms with Crippen LogP contribution < -0.4 is 15.0 Å². The van der Waals surface area contributed by atoms with Crippen LogP contribution in [0.2, 0.25) is 5.02 Å². The third-order valence-corrected chi connectivity index (χ3v) is 10.2. The smallest absolute Gasteiger partial charge is 0.387 e. The van der Waals surface area contributed by atoms with E-state index >= 15 is 0 Å². The predicted octanol–water partition coefficient (Wildman–Crippen LogP) is 4.47. The molecule has 0 radical (unpaired) electrons. The van der Waals surface area contributed by atoms with Gasteiger partial charge in [0, 0.05) is 67.6 Å². The second-order valence-corrected chi connectivity index (χ2v) is 13.7. The number of fused-ring (bicyclic) bond motifs is 3. The normalized spacial score (nSPS) is 18.4. The van der Waals surface area contributed by atoms with Crippen molar-refractivity contribution >= 4 is 46.3 Å². The number of halogens is 3. The third-order valence-electron chi connectivity index (χ3n) is 9.94. The molecule has 1 N–H and O–H groups in total. The Morgan fingerprint density at radius 1 is 1.04 bits per heavy atom. The first-order chi connectivity index (χ1) is 25.2. The molecule has 3 aliphatic rings. The summed E-state index contributed by atoms with van der Waals surface area (Å²) in [7, 11) is 0. The molecule has 13 nitrogen and oxygen atoms in total. The number of carbonyl (C=O) groups excluding carboxylic acids is 3. The molecular weight excluding hydrogens is 696 g/mol. The van der Waals surface area contributed by atoms with Crippen LogP contribution in [0.5, 0.6) is 5.75 Å². The summed E-state index contributed by atoms with van der Waals surface area (Å²) in [6, 6.07) is 13.7. The molecule has 0 bridgehead atoms. The fraction of sp³-hybridized carbons (Fsp3) is 0.333. The van der Waals surface area contributed by atoms with Gasteiger partial charge in [0.05, 0.1) is 18.3 Å². The number of ether oxygens (including phenoxy) is 1. The number of hydrogen-bond acceptors (Lipinski definition) is 8. The van der Waals surface area contributed by atoms with E-state index in [0.29, 0.717) is 43.5 Å². The number of anilines is 2. The highest BCUT2D eigenvalue weighted by molar-refractivity contribution is 6.31. The minimum atomic E-state index is -3.12. The molecule has 2 atom stereocenters. The Bertz CT molecular complexity index is 2160. The summed E-state index contributed by atoms with van der Waals surface area (Å²) in [4.78, 5) is 50.0. The van der Waals surface area contributed by atoms with Crippen LogP contribution in [0, 0.1) is 11.8 Å². The Morgan fingerprint density at radius 2 is 1.85 bits per heavy atom. The lowest BCUT2D eigenvalue weighted by Gasteiger charge is -2.23. The van der Waals surface area contributed by atoms with Gasteiger partial charge in [0.2, 0.25) is 11.8 Å². The number of rotatable bonds is 11. The molecule has 0 aliphatic carbocycles. The molecule has 8 rings (SSSR count). The molecule has 2 unspecified atom stereocenters. The molecule has 5 aromatic rings. The summed E-state index contributed by atoms with van der Waals surface area (Å²) >= 11 is 6.26. The summed E-state index contributed by atoms with van der Waals surface area (Å²) in [6.07, 6.45) is 7.36. The van der Waals surface area contributed by atoms with Crippen LogP contribution in [0.15, 0.2) is 73.3 Å². The molecule has 16 heteroatoms. The van der Waals surface area contributed by atoms with Crippen molar-refractivity contribution in [2.75, 3.05) is 49.5 Å². The van der Waals surface area contributed by atoms with Crippen LogP contribution in [0.3, 0.4) is 0 Å². The lowest BCUT2D eigenvalue weighted by molar-refractivity contribution is -0.131. The first kappa shape index (κ1) is 33.7. The molecule has 2 saturated heterocycles. The van der Waals surface area contributed by atoms with Crippen LogP contribution >= 0.6 is 11.6 Å². The summed E-state index contributed by atoms with van der Waals surface area (Å²) in [5.74, 6) is -0.0969. The molecule has 2 aromatic carbocycles. The van der Waals surface area contributed by atoms with Crippen LogP contribution in [-0.4, -0.2) is 97.8 Å². The highest BCUT2D eigenvalue weighted by atomic mass is 35.5. The fourth-order valence-electron chi connectivity index (χ4n) is 7.58. The van der Waals surface area contributed by atoms with Gasteiger partial charge in [0.25, 0.3) is 5.91 Å². The Morgan fingerprint density at radius 3 is 2.65 bits per heavy atom. The highest BCUT2D eigenvalue weighted by Gasteiger charge is 2.41. The number of nitrogens with zero attached hydrogens (tertiary/aromatic N) is 8. The maximum Gasteiger partial charge on any atom is 0.387 e. The fourth-order valence-corrected chi connectivity index (χ4v) is 7.76. The number of amides is 3. The van der Waals surface area contributed by atoms with Crippen LogP contribution in [-0.2, 0) is 22.6 Å². The second kappa shape index (κ2) is 14.0. The van der Waals surface area contributed by atoms with Crippen molar-refractivity contribution < 1.29 is 27.9 Å². The Hall–Kier alpha value is -5.41. The highest BCUT2D eigenvalue weighted by Crippen LogP contribution is 2.38. The first-order valence-corrected chi connectivity index (χ1v) is 17.4. The van der Waals surface area contributed by atoms with Crippen LogP contribution in [0.1, 0.15) is 22.3 Å². The molecule has 3 aromatic heterocycles. The summed E-state index contributed by atoms with van der Waals surface area (Å²) in [5, 5.41) is 11.8. The quantitative estimate of drug-likeness (QED) is 0.211. The number of alkyl halides is 2. The van der Waals surface area contributed by atoms with Crippen molar-refractivity contribution in [3.05, 3.63) is 89.5 Å². The number of nitrogens with one attached hydrogen (secondary N) is 1. The van der Waals surface area contributed by atoms with Crippen molar-refractivity contribution in [2.45, 2.75) is 26.0 Å². The van der Waals surface area contributed by atoms with E-state index in [4.69, 9.17) is 16.3 Å². The maximum atomic E-state index is 13.6. The van der Waals surface area contributed by atoms with E-state index in [9.17, 15) is 23.2 Å². The number of carbonyl (C=O) groups is 3. The number of likely N-dealkylation sites (tertiary alicyclic amines) is 2. The molecule has 0 spiro atoms. The van der Waals surface area contributed by atoms with E-state index in [2.05, 4.69) is 25.4 Å². The monoisotopic (exact) mass is 729 g/mol. The standard InChI is InChI=1S/C36H34ClF2N9O4/c37-25-7-8-30(52-36(38)39)26(14-25)33-28(42-35(51)27-15-41-48-12-3-9-40-34(27)48)20-46(43-33)21-32(50)45-18-23-16-44(17-24(23)19-45)10-4-11-47-29-6-2-1-5-22(29)13-31(47)49/h1-3,5-9,12,14-15,20,23-24,36H,4,10-11,13,16-19,21H2,(H,42,51). The van der Waals surface area contributed by atoms with Gasteiger partial charge >= 0.3 is 6.61 Å². The number of benzene rings is 2. The van der Waals surface area contributed by atoms with Crippen molar-refractivity contribution in [1.82, 2.24) is 34.2 Å². The predicted molar refractivity (Wildman–Crippen MR) is 187 cm³/mol. The van der Waals surface area contributed by atoms with Crippen molar-refractivity contribution in [3.8, 4) is 17.0 Å². The van der Waals surface area contributed by atoms with Crippen molar-refractivity contribution in [3.63, 3.8) is 0 Å². The molecule has 3 amide bonds. The average Bonchev–Trinajstić information content (AvgIpc) is 3.94. The van der Waals surface area contributed by atoms with Gasteiger partial charge in [-0.05, 0) is 60.7 Å². The molecule has 2 fully saturated rings. The van der Waals surface area contributed by atoms with Gasteiger partial charge < -0.3 is 24.8 Å². The summed E-state index contributed by atoms with van der Waals surface area (Å²) in [6.45, 7) is 1.27. The lowest BCUT2D eigenvalue weighted by atomic mass is 10.0. The summed E-state index contributed by atoms with van der Waals surface area (Å²) in [5.41, 5.74) is 2.95. The molecule has 0 saturated carbocycles. The zero-order valence-electron chi connectivity index (χ0n) is 27.9. The topological polar surface area (TPSA) is 130 Å². The zero-order valence-corrected chi connectivity index (χ0v) is 28.6. The van der Waals surface area contributed by atoms with Crippen molar-refractivity contribution in [1.29, 1.82) is 0 Å². The lowest BCUT2D eigenvalue weighted by Crippen LogP contribution is -2.36. The third kappa shape index (κ3) is 6.68. The number of aromatic nitrogens is 5. The van der Waals surface area contributed by atoms with Crippen molar-refractivity contribution in [2.24, 2.45) is 11.8 Å². The summed E-state index contributed by atoms with van der Waals surface area (Å²) < 4.78 is 34.4. The number of para-hydroxylation sites is 1. The second-order valence-electron chi connectivity index (χ2n) is 13.3. The van der Waals surface area contributed by atoms with E-state index < -0.39 is 12.5 Å². The minimum absolute atomic E-state index is 0.0942. The zero-order chi connectivity index (χ0) is 35.9. The molecule has 268 valence electrons. The largest absolute Gasteiger partial charge is 0.434 e. The molecular formula is C36H34ClF2N9O4. The van der Waals surface area contributed by atoms with Gasteiger partial charge in [-0.1, -0.05) is 29.8 Å². The Labute approximate surface area is 301 Å². The van der Waals surface area contributed by atoms with Gasteiger partial charge in [-0.25, -0.2) is 9.50 Å². The first-order valence-electron chi connectivity index (χ1n) is 17.0. The van der Waals surface area contributed by atoms with Gasteiger partial charge in [0.1, 0.15) is 23.6 Å². The maximum absolute atomic E-state index is 13.6. The Balaban J connectivity index is 0.938. The van der Waals surface area contributed by atoms with Crippen LogP contribution in [0.25, 0.3) is 16.9 Å². The molecule has 52 heavy (non-hydrogen) atoms. The molecule has 3 aliphatic heterocycles. The van der Waals surface area contributed by atoms with E-state index in [0.717, 1.165) is 37.3 Å². The van der Waals surface area contributed by atoms with Gasteiger partial charge in [0.15, 0.2) is 5.65 Å². The minimum Gasteiger partial charge on any atom is -0.434 e. The van der Waals surface area contributed by atoms with E-state index in [1.54, 1.807) is 12.3 Å².